The molecular weight excluding hydrogens is 124 g/mol. The van der Waals surface area contributed by atoms with Crippen LogP contribution in [0.3, 0.4) is 0 Å². The molecule has 1 rings (SSSR count). The van der Waals surface area contributed by atoms with E-state index in [1.165, 1.54) is 5.57 Å². The maximum atomic E-state index is 8.79. The van der Waals surface area contributed by atoms with Gasteiger partial charge in [-0.25, -0.2) is 0 Å². The standard InChI is InChI=1S/C9H12O/c1-8-4-2-3-5-9(6-8)7-10/h2-3,5-6,10H,4,7H2,1H3. The van der Waals surface area contributed by atoms with Gasteiger partial charge in [-0.05, 0) is 18.9 Å². The third-order valence-corrected chi connectivity index (χ3v) is 1.50. The quantitative estimate of drug-likeness (QED) is 0.583. The van der Waals surface area contributed by atoms with Gasteiger partial charge in [0.2, 0.25) is 0 Å². The molecule has 0 aliphatic heterocycles. The van der Waals surface area contributed by atoms with E-state index >= 15 is 0 Å². The Morgan fingerprint density at radius 2 is 2.40 bits per heavy atom. The van der Waals surface area contributed by atoms with Crippen molar-refractivity contribution in [3.63, 3.8) is 0 Å². The van der Waals surface area contributed by atoms with Crippen molar-refractivity contribution < 1.29 is 5.11 Å². The van der Waals surface area contributed by atoms with E-state index in [1.807, 2.05) is 18.2 Å². The molecule has 1 heteroatoms. The summed E-state index contributed by atoms with van der Waals surface area (Å²) in [6.07, 6.45) is 9.05. The second-order valence-corrected chi connectivity index (χ2v) is 2.52. The molecule has 10 heavy (non-hydrogen) atoms. The van der Waals surface area contributed by atoms with Crippen LogP contribution in [0.25, 0.3) is 0 Å². The van der Waals surface area contributed by atoms with Crippen molar-refractivity contribution in [2.24, 2.45) is 0 Å². The molecule has 0 unspecified atom stereocenters. The normalized spacial score (nSPS) is 17.8. The summed E-state index contributed by atoms with van der Waals surface area (Å²) < 4.78 is 0. The topological polar surface area (TPSA) is 20.2 Å². The molecule has 0 fully saturated rings. The fraction of sp³-hybridized carbons (Fsp3) is 0.333. The van der Waals surface area contributed by atoms with E-state index in [9.17, 15) is 0 Å². The van der Waals surface area contributed by atoms with Crippen LogP contribution in [-0.4, -0.2) is 11.7 Å². The highest BCUT2D eigenvalue weighted by molar-refractivity contribution is 5.31. The first-order chi connectivity index (χ1) is 4.83. The van der Waals surface area contributed by atoms with Crippen LogP contribution in [0.4, 0.5) is 0 Å². The molecule has 0 bridgehead atoms. The van der Waals surface area contributed by atoms with E-state index in [4.69, 9.17) is 5.11 Å². The van der Waals surface area contributed by atoms with Crippen molar-refractivity contribution >= 4 is 0 Å². The van der Waals surface area contributed by atoms with Gasteiger partial charge in [-0.15, -0.1) is 0 Å². The Morgan fingerprint density at radius 3 is 3.10 bits per heavy atom. The molecule has 0 saturated carbocycles. The maximum Gasteiger partial charge on any atom is 0.0681 e. The smallest absolute Gasteiger partial charge is 0.0681 e. The lowest BCUT2D eigenvalue weighted by Gasteiger charge is -1.94. The molecule has 0 amide bonds. The number of rotatable bonds is 1. The van der Waals surface area contributed by atoms with Gasteiger partial charge in [0.25, 0.3) is 0 Å². The summed E-state index contributed by atoms with van der Waals surface area (Å²) in [5.74, 6) is 0. The van der Waals surface area contributed by atoms with Gasteiger partial charge >= 0.3 is 0 Å². The predicted molar refractivity (Wildman–Crippen MR) is 42.7 cm³/mol. The first-order valence-corrected chi connectivity index (χ1v) is 3.46. The number of hydrogen-bond acceptors (Lipinski definition) is 1. The first kappa shape index (κ1) is 7.29. The Balaban J connectivity index is 2.78. The molecule has 54 valence electrons. The molecule has 0 aromatic rings. The van der Waals surface area contributed by atoms with Gasteiger partial charge < -0.3 is 5.11 Å². The molecule has 1 nitrogen and oxygen atoms in total. The summed E-state index contributed by atoms with van der Waals surface area (Å²) >= 11 is 0. The van der Waals surface area contributed by atoms with Crippen LogP contribution in [0.15, 0.2) is 35.5 Å². The van der Waals surface area contributed by atoms with Crippen molar-refractivity contribution in [2.45, 2.75) is 13.3 Å². The highest BCUT2D eigenvalue weighted by atomic mass is 16.3. The Kier molecular flexibility index (Phi) is 2.46. The van der Waals surface area contributed by atoms with Gasteiger partial charge in [-0.2, -0.15) is 0 Å². The maximum absolute atomic E-state index is 8.79. The van der Waals surface area contributed by atoms with Crippen LogP contribution >= 0.6 is 0 Å². The fourth-order valence-electron chi connectivity index (χ4n) is 0.967. The average Bonchev–Trinajstić information content (AvgIpc) is 2.13. The van der Waals surface area contributed by atoms with Crippen molar-refractivity contribution in [2.75, 3.05) is 6.61 Å². The SMILES string of the molecule is CC1=CC(CO)=CC=CC1. The Labute approximate surface area is 61.4 Å². The summed E-state index contributed by atoms with van der Waals surface area (Å²) in [5.41, 5.74) is 2.29. The summed E-state index contributed by atoms with van der Waals surface area (Å²) in [6, 6.07) is 0. The molecule has 0 heterocycles. The van der Waals surface area contributed by atoms with Crippen molar-refractivity contribution in [3.05, 3.63) is 35.5 Å². The van der Waals surface area contributed by atoms with Crippen LogP contribution in [0.1, 0.15) is 13.3 Å². The highest BCUT2D eigenvalue weighted by Gasteiger charge is 1.93. The van der Waals surface area contributed by atoms with E-state index in [0.29, 0.717) is 0 Å². The van der Waals surface area contributed by atoms with Gasteiger partial charge in [-0.3, -0.25) is 0 Å². The highest BCUT2D eigenvalue weighted by Crippen LogP contribution is 2.10. The van der Waals surface area contributed by atoms with E-state index in [1.54, 1.807) is 0 Å². The molecule has 0 aromatic carbocycles. The van der Waals surface area contributed by atoms with Crippen LogP contribution < -0.4 is 0 Å². The first-order valence-electron chi connectivity index (χ1n) is 3.46. The number of allylic oxidation sites excluding steroid dienone is 4. The fourth-order valence-corrected chi connectivity index (χ4v) is 0.967. The van der Waals surface area contributed by atoms with Crippen LogP contribution in [0.2, 0.25) is 0 Å². The minimum atomic E-state index is 0.141. The average molecular weight is 136 g/mol. The third-order valence-electron chi connectivity index (χ3n) is 1.50. The third kappa shape index (κ3) is 1.85. The minimum Gasteiger partial charge on any atom is -0.392 e. The molecule has 0 saturated heterocycles. The molecule has 1 aliphatic rings. The zero-order chi connectivity index (χ0) is 7.40. The Morgan fingerprint density at radius 1 is 1.60 bits per heavy atom. The summed E-state index contributed by atoms with van der Waals surface area (Å²) in [7, 11) is 0. The minimum absolute atomic E-state index is 0.141. The van der Waals surface area contributed by atoms with Gasteiger partial charge in [-0.1, -0.05) is 29.9 Å². The number of aliphatic hydroxyl groups excluding tert-OH is 1. The summed E-state index contributed by atoms with van der Waals surface area (Å²) in [5, 5.41) is 8.79. The van der Waals surface area contributed by atoms with Crippen molar-refractivity contribution in [1.82, 2.24) is 0 Å². The molecule has 1 N–H and O–H groups in total. The lowest BCUT2D eigenvalue weighted by atomic mass is 10.1. The zero-order valence-electron chi connectivity index (χ0n) is 6.17. The largest absolute Gasteiger partial charge is 0.392 e. The molecule has 0 aromatic heterocycles. The van der Waals surface area contributed by atoms with Gasteiger partial charge in [0.05, 0.1) is 6.61 Å². The van der Waals surface area contributed by atoms with E-state index < -0.39 is 0 Å². The second kappa shape index (κ2) is 3.37. The summed E-state index contributed by atoms with van der Waals surface area (Å²) in [4.78, 5) is 0. The van der Waals surface area contributed by atoms with Gasteiger partial charge in [0, 0.05) is 0 Å². The van der Waals surface area contributed by atoms with Crippen LogP contribution in [0.5, 0.6) is 0 Å². The van der Waals surface area contributed by atoms with E-state index in [0.717, 1.165) is 12.0 Å². The molecule has 0 spiro atoms. The molecule has 1 aliphatic carbocycles. The lowest BCUT2D eigenvalue weighted by Crippen LogP contribution is -1.85. The zero-order valence-corrected chi connectivity index (χ0v) is 6.17. The van der Waals surface area contributed by atoms with E-state index in [-0.39, 0.29) is 6.61 Å². The molecule has 0 radical (unpaired) electrons. The van der Waals surface area contributed by atoms with Gasteiger partial charge in [0.1, 0.15) is 0 Å². The predicted octanol–water partition coefficient (Wildman–Crippen LogP) is 1.81. The lowest BCUT2D eigenvalue weighted by molar-refractivity contribution is 0.335. The van der Waals surface area contributed by atoms with Gasteiger partial charge in [0.15, 0.2) is 0 Å². The number of aliphatic hydroxyl groups is 1. The van der Waals surface area contributed by atoms with Crippen molar-refractivity contribution in [1.29, 1.82) is 0 Å². The molecular formula is C9H12O. The Hall–Kier alpha value is -0.820. The molecule has 0 atom stereocenters. The number of hydrogen-bond donors (Lipinski definition) is 1. The van der Waals surface area contributed by atoms with Crippen LogP contribution in [-0.2, 0) is 0 Å². The Bertz CT molecular complexity index is 194. The van der Waals surface area contributed by atoms with Crippen LogP contribution in [0, 0.1) is 0 Å². The van der Waals surface area contributed by atoms with Crippen molar-refractivity contribution in [3.8, 4) is 0 Å². The van der Waals surface area contributed by atoms with E-state index in [2.05, 4.69) is 13.0 Å². The second-order valence-electron chi connectivity index (χ2n) is 2.52. The summed E-state index contributed by atoms with van der Waals surface area (Å²) in [6.45, 7) is 2.21. The monoisotopic (exact) mass is 136 g/mol.